The Bertz CT molecular complexity index is 644. The zero-order valence-electron chi connectivity index (χ0n) is 13.7. The predicted molar refractivity (Wildman–Crippen MR) is 90.5 cm³/mol. The van der Waals surface area contributed by atoms with Crippen LogP contribution in [0.2, 0.25) is 0 Å². The zero-order chi connectivity index (χ0) is 17.6. The average molecular weight is 327 g/mol. The maximum Gasteiger partial charge on any atom is 0.328 e. The number of amides is 1. The first-order valence-electron chi connectivity index (χ1n) is 7.66. The lowest BCUT2D eigenvalue weighted by atomic mass is 10.0. The highest BCUT2D eigenvalue weighted by Gasteiger charge is 2.29. The van der Waals surface area contributed by atoms with Crippen LogP contribution in [0.3, 0.4) is 0 Å². The minimum atomic E-state index is -1.34. The van der Waals surface area contributed by atoms with Crippen LogP contribution in [0.15, 0.2) is 60.7 Å². The summed E-state index contributed by atoms with van der Waals surface area (Å²) in [6.45, 7) is 2.63. The third-order valence-corrected chi connectivity index (χ3v) is 3.57. The highest BCUT2D eigenvalue weighted by atomic mass is 16.5. The van der Waals surface area contributed by atoms with E-state index in [1.165, 1.54) is 13.8 Å². The summed E-state index contributed by atoms with van der Waals surface area (Å²) >= 11 is 0. The Kier molecular flexibility index (Phi) is 5.71. The lowest BCUT2D eigenvalue weighted by molar-refractivity contribution is -0.147. The molecular formula is C19H21NO4. The van der Waals surface area contributed by atoms with E-state index in [0.717, 1.165) is 11.1 Å². The van der Waals surface area contributed by atoms with Gasteiger partial charge < -0.3 is 15.2 Å². The molecule has 0 fully saturated rings. The molecule has 0 aliphatic heterocycles. The third kappa shape index (κ3) is 4.67. The molecule has 2 rings (SSSR count). The molecule has 0 spiro atoms. The second-order valence-electron chi connectivity index (χ2n) is 5.99. The van der Waals surface area contributed by atoms with E-state index < -0.39 is 23.5 Å². The number of carboxylic acid groups (broad SMARTS) is 1. The molecule has 5 heteroatoms. The molecule has 0 aliphatic rings. The number of benzene rings is 2. The number of hydrogen-bond donors (Lipinski definition) is 2. The quantitative estimate of drug-likeness (QED) is 0.820. The average Bonchev–Trinajstić information content (AvgIpc) is 2.56. The Hall–Kier alpha value is -2.66. The van der Waals surface area contributed by atoms with Crippen LogP contribution < -0.4 is 5.32 Å². The summed E-state index contributed by atoms with van der Waals surface area (Å²) in [4.78, 5) is 23.1. The van der Waals surface area contributed by atoms with E-state index in [2.05, 4.69) is 5.32 Å². The van der Waals surface area contributed by atoms with E-state index >= 15 is 0 Å². The van der Waals surface area contributed by atoms with Gasteiger partial charge in [0.05, 0.1) is 0 Å². The molecule has 2 N–H and O–H groups in total. The number of ether oxygens (including phenoxy) is 1. The van der Waals surface area contributed by atoms with Crippen molar-refractivity contribution in [2.45, 2.75) is 25.5 Å². The van der Waals surface area contributed by atoms with Gasteiger partial charge in [0.2, 0.25) is 5.91 Å². The lowest BCUT2D eigenvalue weighted by Gasteiger charge is -2.23. The van der Waals surface area contributed by atoms with E-state index in [4.69, 9.17) is 9.84 Å². The maximum absolute atomic E-state index is 12.0. The molecular weight excluding hydrogens is 306 g/mol. The van der Waals surface area contributed by atoms with Crippen molar-refractivity contribution < 1.29 is 19.4 Å². The van der Waals surface area contributed by atoms with Crippen molar-refractivity contribution in [1.82, 2.24) is 5.32 Å². The Morgan fingerprint density at radius 3 is 1.88 bits per heavy atom. The standard InChI is InChI=1S/C19H21NO4/c1-19(2,18(22)23)20-16(21)13-24-17(14-9-5-3-6-10-14)15-11-7-4-8-12-15/h3-12,17H,13H2,1-2H3,(H,20,21)(H,22,23). The maximum atomic E-state index is 12.0. The fraction of sp³-hybridized carbons (Fsp3) is 0.263. The molecule has 24 heavy (non-hydrogen) atoms. The topological polar surface area (TPSA) is 75.6 Å². The summed E-state index contributed by atoms with van der Waals surface area (Å²) in [5.41, 5.74) is 0.512. The highest BCUT2D eigenvalue weighted by Crippen LogP contribution is 2.25. The smallest absolute Gasteiger partial charge is 0.328 e. The van der Waals surface area contributed by atoms with Gasteiger partial charge in [-0.1, -0.05) is 60.7 Å². The van der Waals surface area contributed by atoms with Gasteiger partial charge in [0.1, 0.15) is 18.2 Å². The largest absolute Gasteiger partial charge is 0.480 e. The molecule has 1 amide bonds. The molecule has 5 nitrogen and oxygen atoms in total. The van der Waals surface area contributed by atoms with E-state index in [1.54, 1.807) is 0 Å². The number of aliphatic carboxylic acids is 1. The van der Waals surface area contributed by atoms with Crippen LogP contribution in [0.1, 0.15) is 31.1 Å². The van der Waals surface area contributed by atoms with Gasteiger partial charge in [0.25, 0.3) is 0 Å². The molecule has 2 aromatic rings. The summed E-state index contributed by atoms with van der Waals surface area (Å²) in [5.74, 6) is -1.57. The van der Waals surface area contributed by atoms with Crippen LogP contribution in [-0.2, 0) is 14.3 Å². The Morgan fingerprint density at radius 2 is 1.46 bits per heavy atom. The normalized spacial score (nSPS) is 11.3. The summed E-state index contributed by atoms with van der Waals surface area (Å²) in [7, 11) is 0. The van der Waals surface area contributed by atoms with Crippen molar-refractivity contribution >= 4 is 11.9 Å². The van der Waals surface area contributed by atoms with E-state index in [9.17, 15) is 9.59 Å². The first-order chi connectivity index (χ1) is 11.4. The fourth-order valence-corrected chi connectivity index (χ4v) is 2.24. The molecule has 0 aliphatic carbocycles. The molecule has 0 saturated heterocycles. The SMILES string of the molecule is CC(C)(NC(=O)COC(c1ccccc1)c1ccccc1)C(=O)O. The van der Waals surface area contributed by atoms with Crippen LogP contribution in [0.4, 0.5) is 0 Å². The second kappa shape index (κ2) is 7.75. The van der Waals surface area contributed by atoms with Crippen LogP contribution in [0.25, 0.3) is 0 Å². The number of nitrogens with one attached hydrogen (secondary N) is 1. The van der Waals surface area contributed by atoms with Gasteiger partial charge in [0.15, 0.2) is 0 Å². The van der Waals surface area contributed by atoms with Crippen molar-refractivity contribution in [2.75, 3.05) is 6.61 Å². The van der Waals surface area contributed by atoms with Gasteiger partial charge in [-0.3, -0.25) is 4.79 Å². The Balaban J connectivity index is 2.10. The zero-order valence-corrected chi connectivity index (χ0v) is 13.7. The Labute approximate surface area is 141 Å². The second-order valence-corrected chi connectivity index (χ2v) is 5.99. The highest BCUT2D eigenvalue weighted by molar-refractivity contribution is 5.86. The van der Waals surface area contributed by atoms with E-state index in [1.807, 2.05) is 60.7 Å². The van der Waals surface area contributed by atoms with Crippen LogP contribution in [0, 0.1) is 0 Å². The van der Waals surface area contributed by atoms with Gasteiger partial charge in [-0.15, -0.1) is 0 Å². The van der Waals surface area contributed by atoms with Gasteiger partial charge in [-0.2, -0.15) is 0 Å². The van der Waals surface area contributed by atoms with Crippen molar-refractivity contribution in [3.8, 4) is 0 Å². The number of carboxylic acids is 1. The summed E-state index contributed by atoms with van der Waals surface area (Å²) in [5, 5.41) is 11.5. The van der Waals surface area contributed by atoms with Crippen LogP contribution in [-0.4, -0.2) is 29.1 Å². The van der Waals surface area contributed by atoms with E-state index in [0.29, 0.717) is 0 Å². The minimum Gasteiger partial charge on any atom is -0.480 e. The number of carbonyl (C=O) groups excluding carboxylic acids is 1. The summed E-state index contributed by atoms with van der Waals surface area (Å²) < 4.78 is 5.80. The van der Waals surface area contributed by atoms with Crippen molar-refractivity contribution in [3.63, 3.8) is 0 Å². The van der Waals surface area contributed by atoms with Crippen molar-refractivity contribution in [3.05, 3.63) is 71.8 Å². The number of rotatable bonds is 7. The summed E-state index contributed by atoms with van der Waals surface area (Å²) in [6, 6.07) is 19.2. The number of hydrogen-bond acceptors (Lipinski definition) is 3. The molecule has 126 valence electrons. The molecule has 0 aromatic heterocycles. The van der Waals surface area contributed by atoms with Crippen LogP contribution in [0.5, 0.6) is 0 Å². The van der Waals surface area contributed by atoms with Gasteiger partial charge in [0, 0.05) is 0 Å². The fourth-order valence-electron chi connectivity index (χ4n) is 2.24. The van der Waals surface area contributed by atoms with Gasteiger partial charge in [-0.25, -0.2) is 4.79 Å². The predicted octanol–water partition coefficient (Wildman–Crippen LogP) is 2.77. The molecule has 0 heterocycles. The third-order valence-electron chi connectivity index (χ3n) is 3.57. The van der Waals surface area contributed by atoms with Crippen LogP contribution >= 0.6 is 0 Å². The number of carbonyl (C=O) groups is 2. The van der Waals surface area contributed by atoms with Crippen molar-refractivity contribution in [2.24, 2.45) is 0 Å². The molecule has 0 atom stereocenters. The van der Waals surface area contributed by atoms with Crippen molar-refractivity contribution in [1.29, 1.82) is 0 Å². The minimum absolute atomic E-state index is 0.231. The Morgan fingerprint density at radius 1 is 1.00 bits per heavy atom. The van der Waals surface area contributed by atoms with Gasteiger partial charge in [-0.05, 0) is 25.0 Å². The molecule has 0 radical (unpaired) electrons. The first kappa shape index (κ1) is 17.7. The monoisotopic (exact) mass is 327 g/mol. The van der Waals surface area contributed by atoms with Gasteiger partial charge >= 0.3 is 5.97 Å². The summed E-state index contributed by atoms with van der Waals surface area (Å²) in [6.07, 6.45) is -0.397. The lowest BCUT2D eigenvalue weighted by Crippen LogP contribution is -2.50. The molecule has 2 aromatic carbocycles. The van der Waals surface area contributed by atoms with E-state index in [-0.39, 0.29) is 6.61 Å². The molecule has 0 bridgehead atoms. The molecule has 0 unspecified atom stereocenters. The molecule has 0 saturated carbocycles. The first-order valence-corrected chi connectivity index (χ1v) is 7.66.